The number of hydrogen-bond donors (Lipinski definition) is 2. The summed E-state index contributed by atoms with van der Waals surface area (Å²) in [4.78, 5) is 12.2. The summed E-state index contributed by atoms with van der Waals surface area (Å²) in [5.74, 6) is 1.01. The molecule has 1 aliphatic heterocycles. The third-order valence-corrected chi connectivity index (χ3v) is 3.30. The van der Waals surface area contributed by atoms with Crippen molar-refractivity contribution < 1.29 is 9.90 Å². The van der Waals surface area contributed by atoms with Crippen molar-refractivity contribution in [2.75, 3.05) is 13.1 Å². The van der Waals surface area contributed by atoms with E-state index in [0.717, 1.165) is 12.8 Å². The van der Waals surface area contributed by atoms with Gasteiger partial charge in [-0.2, -0.15) is 0 Å². The first-order valence-electron chi connectivity index (χ1n) is 4.75. The summed E-state index contributed by atoms with van der Waals surface area (Å²) in [5, 5.41) is 8.79. The molecule has 2 fully saturated rings. The molecule has 0 aromatic heterocycles. The highest BCUT2D eigenvalue weighted by molar-refractivity contribution is 5.65. The number of likely N-dealkylation sites (tertiary alicyclic amines) is 1. The van der Waals surface area contributed by atoms with Gasteiger partial charge >= 0.3 is 6.09 Å². The van der Waals surface area contributed by atoms with Crippen LogP contribution in [0.1, 0.15) is 19.8 Å². The van der Waals surface area contributed by atoms with Crippen LogP contribution in [0, 0.1) is 11.8 Å². The molecule has 2 unspecified atom stereocenters. The van der Waals surface area contributed by atoms with Crippen LogP contribution in [0.4, 0.5) is 4.79 Å². The largest absolute Gasteiger partial charge is 0.465 e. The molecular formula is C9H16N2O2. The van der Waals surface area contributed by atoms with Crippen molar-refractivity contribution >= 4 is 6.09 Å². The topological polar surface area (TPSA) is 66.6 Å². The van der Waals surface area contributed by atoms with Gasteiger partial charge < -0.3 is 15.7 Å². The van der Waals surface area contributed by atoms with Crippen LogP contribution in [0.15, 0.2) is 0 Å². The van der Waals surface area contributed by atoms with Crippen LogP contribution in [-0.4, -0.2) is 34.7 Å². The standard InChI is InChI=1S/C9H16N2O2/c1-9(10)2-6-4-11(8(12)13)5-7(6)3-9/h6-7H,2-5,10H2,1H3,(H,12,13). The third kappa shape index (κ3) is 1.50. The van der Waals surface area contributed by atoms with E-state index in [1.807, 2.05) is 0 Å². The molecule has 0 bridgehead atoms. The molecule has 2 aliphatic rings. The third-order valence-electron chi connectivity index (χ3n) is 3.30. The van der Waals surface area contributed by atoms with Gasteiger partial charge in [-0.3, -0.25) is 0 Å². The zero-order valence-corrected chi connectivity index (χ0v) is 7.86. The molecule has 1 aliphatic carbocycles. The lowest BCUT2D eigenvalue weighted by Gasteiger charge is -2.21. The quantitative estimate of drug-likeness (QED) is 0.583. The summed E-state index contributed by atoms with van der Waals surface area (Å²) < 4.78 is 0. The fourth-order valence-electron chi connectivity index (χ4n) is 2.84. The Morgan fingerprint density at radius 3 is 2.31 bits per heavy atom. The average Bonchev–Trinajstić information content (AvgIpc) is 2.39. The lowest BCUT2D eigenvalue weighted by molar-refractivity contribution is 0.150. The van der Waals surface area contributed by atoms with Gasteiger partial charge in [0.1, 0.15) is 0 Å². The molecule has 0 spiro atoms. The van der Waals surface area contributed by atoms with Crippen molar-refractivity contribution in [3.8, 4) is 0 Å². The fraction of sp³-hybridized carbons (Fsp3) is 0.889. The highest BCUT2D eigenvalue weighted by Gasteiger charge is 2.45. The number of fused-ring (bicyclic) bond motifs is 1. The number of carbonyl (C=O) groups is 1. The van der Waals surface area contributed by atoms with E-state index in [4.69, 9.17) is 10.8 Å². The van der Waals surface area contributed by atoms with E-state index < -0.39 is 6.09 Å². The second-order valence-corrected chi connectivity index (χ2v) is 4.77. The van der Waals surface area contributed by atoms with E-state index in [2.05, 4.69) is 6.92 Å². The van der Waals surface area contributed by atoms with Crippen molar-refractivity contribution in [3.05, 3.63) is 0 Å². The van der Waals surface area contributed by atoms with Crippen LogP contribution in [0.25, 0.3) is 0 Å². The summed E-state index contributed by atoms with van der Waals surface area (Å²) >= 11 is 0. The van der Waals surface area contributed by atoms with Crippen LogP contribution in [0.2, 0.25) is 0 Å². The first-order valence-corrected chi connectivity index (χ1v) is 4.75. The summed E-state index contributed by atoms with van der Waals surface area (Å²) in [5.41, 5.74) is 5.97. The Morgan fingerprint density at radius 1 is 1.46 bits per heavy atom. The molecule has 0 radical (unpaired) electrons. The lowest BCUT2D eigenvalue weighted by atomic mass is 10.0. The number of amides is 1. The number of carboxylic acid groups (broad SMARTS) is 1. The van der Waals surface area contributed by atoms with E-state index in [9.17, 15) is 4.79 Å². The number of nitrogens with zero attached hydrogens (tertiary/aromatic N) is 1. The maximum atomic E-state index is 10.7. The minimum Gasteiger partial charge on any atom is -0.465 e. The summed E-state index contributed by atoms with van der Waals surface area (Å²) in [7, 11) is 0. The van der Waals surface area contributed by atoms with Crippen molar-refractivity contribution in [1.29, 1.82) is 0 Å². The maximum absolute atomic E-state index is 10.7. The molecule has 0 aromatic carbocycles. The van der Waals surface area contributed by atoms with Gasteiger partial charge in [0, 0.05) is 18.6 Å². The minimum absolute atomic E-state index is 0.0556. The zero-order chi connectivity index (χ0) is 9.64. The average molecular weight is 184 g/mol. The van der Waals surface area contributed by atoms with Crippen molar-refractivity contribution in [3.63, 3.8) is 0 Å². The van der Waals surface area contributed by atoms with Gasteiger partial charge in [-0.1, -0.05) is 0 Å². The first-order chi connectivity index (χ1) is 5.98. The van der Waals surface area contributed by atoms with Gasteiger partial charge in [0.2, 0.25) is 0 Å². The molecule has 2 rings (SSSR count). The predicted molar refractivity (Wildman–Crippen MR) is 48.4 cm³/mol. The van der Waals surface area contributed by atoms with Gasteiger partial charge in [0.15, 0.2) is 0 Å². The van der Waals surface area contributed by atoms with Gasteiger partial charge in [0.25, 0.3) is 0 Å². The molecule has 13 heavy (non-hydrogen) atoms. The minimum atomic E-state index is -0.784. The Kier molecular flexibility index (Phi) is 1.77. The van der Waals surface area contributed by atoms with E-state index in [1.54, 1.807) is 0 Å². The number of nitrogens with two attached hydrogens (primary N) is 1. The Balaban J connectivity index is 2.01. The Labute approximate surface area is 77.7 Å². The van der Waals surface area contributed by atoms with Crippen LogP contribution in [0.3, 0.4) is 0 Å². The SMILES string of the molecule is CC1(N)CC2CN(C(=O)O)CC2C1. The Hall–Kier alpha value is -0.770. The molecule has 74 valence electrons. The van der Waals surface area contributed by atoms with Gasteiger partial charge in [-0.15, -0.1) is 0 Å². The van der Waals surface area contributed by atoms with E-state index >= 15 is 0 Å². The molecule has 4 nitrogen and oxygen atoms in total. The van der Waals surface area contributed by atoms with Crippen molar-refractivity contribution in [2.24, 2.45) is 17.6 Å². The maximum Gasteiger partial charge on any atom is 0.407 e. The summed E-state index contributed by atoms with van der Waals surface area (Å²) in [6.45, 7) is 3.44. The fourth-order valence-corrected chi connectivity index (χ4v) is 2.84. The Bertz CT molecular complexity index is 224. The van der Waals surface area contributed by atoms with E-state index in [0.29, 0.717) is 24.9 Å². The van der Waals surface area contributed by atoms with Gasteiger partial charge in [-0.05, 0) is 31.6 Å². The van der Waals surface area contributed by atoms with Crippen molar-refractivity contribution in [2.45, 2.75) is 25.3 Å². The van der Waals surface area contributed by atoms with Crippen LogP contribution in [-0.2, 0) is 0 Å². The summed E-state index contributed by atoms with van der Waals surface area (Å²) in [6.07, 6.45) is 1.16. The monoisotopic (exact) mass is 184 g/mol. The van der Waals surface area contributed by atoms with Crippen molar-refractivity contribution in [1.82, 2.24) is 4.90 Å². The first kappa shape index (κ1) is 8.81. The normalized spacial score (nSPS) is 43.7. The Morgan fingerprint density at radius 2 is 1.92 bits per heavy atom. The summed E-state index contributed by atoms with van der Waals surface area (Å²) in [6, 6.07) is 0. The number of rotatable bonds is 0. The van der Waals surface area contributed by atoms with E-state index in [-0.39, 0.29) is 5.54 Å². The molecule has 1 saturated heterocycles. The van der Waals surface area contributed by atoms with Crippen LogP contribution < -0.4 is 5.73 Å². The second-order valence-electron chi connectivity index (χ2n) is 4.77. The molecule has 3 N–H and O–H groups in total. The lowest BCUT2D eigenvalue weighted by Crippen LogP contribution is -2.36. The molecule has 1 amide bonds. The molecule has 1 heterocycles. The molecule has 2 atom stereocenters. The molecule has 1 saturated carbocycles. The highest BCUT2D eigenvalue weighted by atomic mass is 16.4. The highest BCUT2D eigenvalue weighted by Crippen LogP contribution is 2.42. The molecule has 4 heteroatoms. The predicted octanol–water partition coefficient (Wildman–Crippen LogP) is 0.724. The number of hydrogen-bond acceptors (Lipinski definition) is 2. The van der Waals surface area contributed by atoms with Gasteiger partial charge in [0.05, 0.1) is 0 Å². The molecule has 0 aromatic rings. The van der Waals surface area contributed by atoms with Crippen LogP contribution >= 0.6 is 0 Å². The van der Waals surface area contributed by atoms with Crippen LogP contribution in [0.5, 0.6) is 0 Å². The second kappa shape index (κ2) is 2.61. The molecular weight excluding hydrogens is 168 g/mol. The van der Waals surface area contributed by atoms with E-state index in [1.165, 1.54) is 4.90 Å². The smallest absolute Gasteiger partial charge is 0.407 e. The zero-order valence-electron chi connectivity index (χ0n) is 7.86. The van der Waals surface area contributed by atoms with Gasteiger partial charge in [-0.25, -0.2) is 4.79 Å².